The summed E-state index contributed by atoms with van der Waals surface area (Å²) in [6.45, 7) is 31.8. The van der Waals surface area contributed by atoms with Gasteiger partial charge < -0.3 is 21.8 Å². The molecule has 0 bridgehead atoms. The summed E-state index contributed by atoms with van der Waals surface area (Å²) in [5, 5.41) is 0. The zero-order valence-corrected chi connectivity index (χ0v) is 40.3. The Labute approximate surface area is 371 Å². The molecule has 0 unspecified atom stereocenters. The smallest absolute Gasteiger partial charge is 0.762 e. The number of hydrogen-bond donors (Lipinski definition) is 0. The van der Waals surface area contributed by atoms with Crippen LogP contribution in [0.4, 0.5) is 12.9 Å². The quantitative estimate of drug-likeness (QED) is 0.0302. The average molecular weight is 899 g/mol. The third-order valence-corrected chi connectivity index (χ3v) is 15.7. The fraction of sp³-hybridized carbons (Fsp3) is 0.574. The lowest BCUT2D eigenvalue weighted by atomic mass is 10.2. The number of ether oxygens (including phenoxy) is 1. The van der Waals surface area contributed by atoms with Crippen molar-refractivity contribution < 1.29 is 39.6 Å². The number of carbonyl (C=O) groups excluding carboxylic acids is 1. The van der Waals surface area contributed by atoms with E-state index in [-0.39, 0.29) is 37.1 Å². The fourth-order valence-corrected chi connectivity index (χ4v) is 10.7. The maximum Gasteiger partial charge on any atom is 0.762 e. The van der Waals surface area contributed by atoms with E-state index in [2.05, 4.69) is 79.9 Å². The number of esters is 1. The molecular weight excluding hydrogens is 814 g/mol. The normalized spacial score (nSPS) is 10.5. The number of hydrogen-bond acceptors (Lipinski definition) is 2. The van der Waals surface area contributed by atoms with Crippen LogP contribution < -0.4 is 17.1 Å². The van der Waals surface area contributed by atoms with E-state index in [0.29, 0.717) is 13.5 Å². The monoisotopic (exact) mass is 898 g/mol. The van der Waals surface area contributed by atoms with Gasteiger partial charge in [0.15, 0.2) is 0 Å². The Morgan fingerprint density at radius 2 is 1.10 bits per heavy atom. The molecule has 2 aromatic carbocycles. The van der Waals surface area contributed by atoms with Crippen LogP contribution in [-0.4, -0.2) is 73.1 Å². The molecule has 0 N–H and O–H groups in total. The van der Waals surface area contributed by atoms with Crippen molar-refractivity contribution in [2.45, 2.75) is 114 Å². The van der Waals surface area contributed by atoms with E-state index in [9.17, 15) is 17.7 Å². The van der Waals surface area contributed by atoms with E-state index in [1.165, 1.54) is 97.0 Å². The highest BCUT2D eigenvalue weighted by atomic mass is 35.5. The van der Waals surface area contributed by atoms with Gasteiger partial charge in [-0.1, -0.05) is 140 Å². The predicted octanol–water partition coefficient (Wildman–Crippen LogP) is 9.07. The van der Waals surface area contributed by atoms with Gasteiger partial charge in [0.1, 0.15) is 41.4 Å². The summed E-state index contributed by atoms with van der Waals surface area (Å²) in [5.41, 5.74) is 2.76. The van der Waals surface area contributed by atoms with Gasteiger partial charge in [-0.05, 0) is 118 Å². The van der Waals surface area contributed by atoms with Crippen LogP contribution >= 0.6 is 7.92 Å². The first-order valence-corrected chi connectivity index (χ1v) is 25.7. The van der Waals surface area contributed by atoms with Gasteiger partial charge >= 0.3 is 13.5 Å². The number of rotatable bonds is 17. The summed E-state index contributed by atoms with van der Waals surface area (Å²) >= 11 is 0. The highest BCUT2D eigenvalue weighted by Gasteiger charge is 2.20. The van der Waals surface area contributed by atoms with Gasteiger partial charge in [-0.3, -0.25) is 12.9 Å². The molecule has 0 aliphatic carbocycles. The lowest BCUT2D eigenvalue weighted by Crippen LogP contribution is -3.00. The maximum absolute atomic E-state index is 10.4. The molecule has 2 nitrogen and oxygen atoms in total. The summed E-state index contributed by atoms with van der Waals surface area (Å²) in [7, 11) is -1.62. The van der Waals surface area contributed by atoms with Gasteiger partial charge in [0.05, 0.1) is 0 Å². The molecule has 3 rings (SSSR count). The Morgan fingerprint density at radius 1 is 0.776 bits per heavy atom. The van der Waals surface area contributed by atoms with E-state index in [1.54, 1.807) is 25.4 Å². The number of unbranched alkanes of at least 4 members (excludes halogenated alkanes) is 3. The van der Waals surface area contributed by atoms with Crippen molar-refractivity contribution in [3.05, 3.63) is 104 Å². The molecule has 0 atom stereocenters. The van der Waals surface area contributed by atoms with Crippen LogP contribution in [0, 0.1) is 6.92 Å². The lowest BCUT2D eigenvalue weighted by Gasteiger charge is -2.16. The Balaban J connectivity index is -0.000000106. The van der Waals surface area contributed by atoms with Crippen LogP contribution in [0.3, 0.4) is 0 Å². The van der Waals surface area contributed by atoms with E-state index >= 15 is 0 Å². The molecule has 338 valence electrons. The summed E-state index contributed by atoms with van der Waals surface area (Å²) in [6.07, 6.45) is 19.9. The first-order chi connectivity index (χ1) is 26.4. The molecule has 0 aromatic heterocycles. The summed E-state index contributed by atoms with van der Waals surface area (Å²) < 4.78 is 33.5. The van der Waals surface area contributed by atoms with E-state index in [1.807, 2.05) is 72.8 Å². The van der Waals surface area contributed by atoms with Crippen LogP contribution in [-0.2, 0) is 31.3 Å². The number of halogens is 5. The lowest BCUT2D eigenvalue weighted by molar-refractivity contribution is -0.137. The third-order valence-electron chi connectivity index (χ3n) is 7.88. The van der Waals surface area contributed by atoms with Crippen molar-refractivity contribution in [2.75, 3.05) is 59.6 Å². The molecule has 1 aliphatic rings. The Bertz CT molecular complexity index is 1020. The fourth-order valence-electron chi connectivity index (χ4n) is 4.49. The number of carbonyl (C=O) groups is 1. The van der Waals surface area contributed by atoms with Crippen LogP contribution in [0.25, 0.3) is 12.2 Å². The maximum atomic E-state index is 10.4. The molecule has 0 radical (unpaired) electrons. The second-order valence-corrected chi connectivity index (χ2v) is 20.5. The largest absolute Gasteiger partial charge is 1.00 e. The molecular formula is C47H84BClF4O2PS2+. The molecule has 58 heavy (non-hydrogen) atoms. The average Bonchev–Trinajstić information content (AvgIpc) is 3.75. The van der Waals surface area contributed by atoms with Crippen LogP contribution in [0.15, 0.2) is 86.0 Å². The molecule has 1 heterocycles. The Hall–Kier alpha value is -1.80. The van der Waals surface area contributed by atoms with Crippen molar-refractivity contribution in [3.63, 3.8) is 0 Å². The molecule has 1 aliphatic heterocycles. The molecule has 1 saturated heterocycles. The first kappa shape index (κ1) is 70.7. The first-order valence-electron chi connectivity index (χ1n) is 20.3. The number of benzene rings is 2. The predicted molar refractivity (Wildman–Crippen MR) is 262 cm³/mol. The second-order valence-electron chi connectivity index (χ2n) is 12.3. The third kappa shape index (κ3) is 56.3. The molecule has 0 amide bonds. The Kier molecular flexibility index (Phi) is 69.9. The standard InChI is InChI=1S/C12H27P.2C8H8.C6H9O2.C6H13S.C6H15S.CH4.BF3.ClH.FH/c1-4-7-10-13(11-8-5-2)12-9-6-3;2*1-2-8-6-4-3-5-7-8;1-4-8-6(7)5(2)3;1-2-7-5-3-4-6-7;1-4-7(5-2)6-3;;2-1(3)4;;/h4-12H2,1-3H3;2*2-7H,1H2;1-2,4H2,3H3;2-6H2,1H3;4-6H2,1-3H3;1H4;;2*1H/q;;;3*+1;;;;/p-2. The summed E-state index contributed by atoms with van der Waals surface area (Å²) in [4.78, 5) is 10.4. The van der Waals surface area contributed by atoms with Crippen molar-refractivity contribution in [1.82, 2.24) is 0 Å². The minimum atomic E-state index is -3.67. The highest BCUT2D eigenvalue weighted by Crippen LogP contribution is 2.38. The highest BCUT2D eigenvalue weighted by molar-refractivity contribution is 7.97. The molecule has 0 spiro atoms. The second kappa shape index (κ2) is 57.3. The topological polar surface area (TPSA) is 26.3 Å². The zero-order valence-electron chi connectivity index (χ0n) is 37.0. The van der Waals surface area contributed by atoms with Crippen LogP contribution in [0.2, 0.25) is 0 Å². The molecule has 11 heteroatoms. The minimum absolute atomic E-state index is 0. The molecule has 1 fully saturated rings. The van der Waals surface area contributed by atoms with Crippen molar-refractivity contribution in [3.8, 4) is 0 Å². The molecule has 2 aromatic rings. The van der Waals surface area contributed by atoms with Gasteiger partial charge in [0.2, 0.25) is 6.61 Å². The van der Waals surface area contributed by atoms with E-state index in [4.69, 9.17) is 0 Å². The molecule has 0 saturated carbocycles. The van der Waals surface area contributed by atoms with E-state index in [0.717, 1.165) is 21.8 Å². The van der Waals surface area contributed by atoms with Gasteiger partial charge in [0, 0.05) is 5.57 Å². The summed E-state index contributed by atoms with van der Waals surface area (Å²) in [5.74, 6) is 8.29. The van der Waals surface area contributed by atoms with Crippen molar-refractivity contribution >= 4 is 55.4 Å². The minimum Gasteiger partial charge on any atom is -1.00 e. The van der Waals surface area contributed by atoms with Crippen molar-refractivity contribution in [2.24, 2.45) is 0 Å². The van der Waals surface area contributed by atoms with Gasteiger partial charge in [-0.25, -0.2) is 4.79 Å². The zero-order chi connectivity index (χ0) is 42.5. The van der Waals surface area contributed by atoms with Crippen LogP contribution in [0.1, 0.15) is 125 Å². The van der Waals surface area contributed by atoms with Gasteiger partial charge in [-0.2, -0.15) is 0 Å². The van der Waals surface area contributed by atoms with Crippen molar-refractivity contribution in [1.29, 1.82) is 0 Å². The summed E-state index contributed by atoms with van der Waals surface area (Å²) in [6, 6.07) is 20.1. The van der Waals surface area contributed by atoms with Gasteiger partial charge in [0.25, 0.3) is 0 Å². The SMILES string of the molecule is C.C=C(C)C(=O)OC[CH2+].C=Cc1ccccc1.C=Cc1ccccc1.CCCCP(CCCC)CCCC.CC[S+](CC)CC.CC[S+]1CCCC1.FB(F)F.[Cl-].[F-]. The van der Waals surface area contributed by atoms with Crippen LogP contribution in [0.5, 0.6) is 0 Å². The Morgan fingerprint density at radius 3 is 1.26 bits per heavy atom. The van der Waals surface area contributed by atoms with E-state index < -0.39 is 7.54 Å². The van der Waals surface area contributed by atoms with Gasteiger partial charge in [-0.15, -0.1) is 7.92 Å².